The maximum atomic E-state index is 11.6. The average Bonchev–Trinajstić information content (AvgIpc) is 1.82. The Labute approximate surface area is 57.0 Å². The summed E-state index contributed by atoms with van der Waals surface area (Å²) in [7, 11) is 0. The van der Waals surface area contributed by atoms with E-state index in [0.29, 0.717) is 0 Å². The summed E-state index contributed by atoms with van der Waals surface area (Å²) in [6.07, 6.45) is -13.5. The van der Waals surface area contributed by atoms with Crippen molar-refractivity contribution in [3.05, 3.63) is 0 Å². The van der Waals surface area contributed by atoms with Gasteiger partial charge in [0.1, 0.15) is 0 Å². The SMILES string of the molecule is O=C(C(F)F)C(F)C(F)(F)F. The molecule has 0 aromatic heterocycles. The second-order valence-electron chi connectivity index (χ2n) is 1.61. The van der Waals surface area contributed by atoms with Crippen LogP contribution in [0.3, 0.4) is 0 Å². The Hall–Kier alpha value is -0.750. The number of Topliss-reactive ketones (excluding diaryl/α,β-unsaturated/α-hetero) is 1. The van der Waals surface area contributed by atoms with Crippen LogP contribution in [-0.4, -0.2) is 24.6 Å². The van der Waals surface area contributed by atoms with Crippen molar-refractivity contribution in [2.45, 2.75) is 18.8 Å². The molecule has 0 amide bonds. The van der Waals surface area contributed by atoms with Gasteiger partial charge >= 0.3 is 6.18 Å². The van der Waals surface area contributed by atoms with Gasteiger partial charge in [-0.25, -0.2) is 13.2 Å². The van der Waals surface area contributed by atoms with Crippen LogP contribution in [0, 0.1) is 0 Å². The molecular weight excluding hydrogens is 178 g/mol. The summed E-state index contributed by atoms with van der Waals surface area (Å²) in [4.78, 5) is 9.64. The van der Waals surface area contributed by atoms with E-state index in [0.717, 1.165) is 0 Å². The minimum absolute atomic E-state index is 2.75. The Morgan fingerprint density at radius 3 is 1.55 bits per heavy atom. The Kier molecular flexibility index (Phi) is 2.89. The Morgan fingerprint density at radius 2 is 1.45 bits per heavy atom. The minimum atomic E-state index is -5.53. The maximum Gasteiger partial charge on any atom is 0.427 e. The van der Waals surface area contributed by atoms with Crippen molar-refractivity contribution >= 4 is 5.78 Å². The van der Waals surface area contributed by atoms with Gasteiger partial charge in [-0.2, -0.15) is 13.2 Å². The number of halogens is 6. The molecular formula is C4H2F6O. The van der Waals surface area contributed by atoms with Gasteiger partial charge in [0.15, 0.2) is 0 Å². The first kappa shape index (κ1) is 10.2. The van der Waals surface area contributed by atoms with E-state index in [9.17, 15) is 31.1 Å². The number of carbonyl (C=O) groups excluding carboxylic acids is 1. The van der Waals surface area contributed by atoms with Crippen molar-refractivity contribution < 1.29 is 31.1 Å². The van der Waals surface area contributed by atoms with Gasteiger partial charge < -0.3 is 0 Å². The first-order chi connectivity index (χ1) is 4.76. The van der Waals surface area contributed by atoms with Gasteiger partial charge in [0.2, 0.25) is 5.78 Å². The van der Waals surface area contributed by atoms with Gasteiger partial charge in [0.25, 0.3) is 12.6 Å². The Balaban J connectivity index is 4.26. The highest BCUT2D eigenvalue weighted by molar-refractivity contribution is 5.86. The zero-order valence-electron chi connectivity index (χ0n) is 4.83. The molecule has 1 nitrogen and oxygen atoms in total. The van der Waals surface area contributed by atoms with Gasteiger partial charge in [-0.05, 0) is 0 Å². The second kappa shape index (κ2) is 3.10. The third kappa shape index (κ3) is 2.77. The fourth-order valence-electron chi connectivity index (χ4n) is 0.272. The van der Waals surface area contributed by atoms with Crippen LogP contribution in [0.5, 0.6) is 0 Å². The molecule has 0 saturated carbocycles. The second-order valence-corrected chi connectivity index (χ2v) is 1.61. The standard InChI is InChI=1S/C4H2F6O/c5-2(4(8,9)10)1(11)3(6)7/h2-3H. The first-order valence-corrected chi connectivity index (χ1v) is 2.29. The topological polar surface area (TPSA) is 17.1 Å². The molecule has 11 heavy (non-hydrogen) atoms. The number of hydrogen-bond donors (Lipinski definition) is 0. The Morgan fingerprint density at radius 1 is 1.09 bits per heavy atom. The van der Waals surface area contributed by atoms with Crippen molar-refractivity contribution in [3.8, 4) is 0 Å². The van der Waals surface area contributed by atoms with Crippen LogP contribution in [0.15, 0.2) is 0 Å². The number of ketones is 1. The molecule has 0 N–H and O–H groups in total. The lowest BCUT2D eigenvalue weighted by atomic mass is 10.2. The van der Waals surface area contributed by atoms with Crippen LogP contribution >= 0.6 is 0 Å². The third-order valence-electron chi connectivity index (χ3n) is 0.752. The number of carbonyl (C=O) groups is 1. The summed E-state index contributed by atoms with van der Waals surface area (Å²) < 4.78 is 67.2. The van der Waals surface area contributed by atoms with E-state index in [1.165, 1.54) is 0 Å². The third-order valence-corrected chi connectivity index (χ3v) is 0.752. The molecule has 0 fully saturated rings. The van der Waals surface area contributed by atoms with Gasteiger partial charge in [-0.15, -0.1) is 0 Å². The molecule has 0 spiro atoms. The minimum Gasteiger partial charge on any atom is -0.290 e. The molecule has 0 bridgehead atoms. The van der Waals surface area contributed by atoms with Gasteiger partial charge in [-0.3, -0.25) is 4.79 Å². The zero-order valence-corrected chi connectivity index (χ0v) is 4.83. The molecule has 0 heterocycles. The quantitative estimate of drug-likeness (QED) is 0.591. The van der Waals surface area contributed by atoms with Crippen LogP contribution in [0.1, 0.15) is 0 Å². The van der Waals surface area contributed by atoms with Gasteiger partial charge in [0.05, 0.1) is 0 Å². The first-order valence-electron chi connectivity index (χ1n) is 2.29. The van der Waals surface area contributed by atoms with Crippen LogP contribution in [-0.2, 0) is 4.79 Å². The van der Waals surface area contributed by atoms with E-state index in [1.54, 1.807) is 0 Å². The average molecular weight is 180 g/mol. The van der Waals surface area contributed by atoms with E-state index >= 15 is 0 Å². The highest BCUT2D eigenvalue weighted by Crippen LogP contribution is 2.25. The fourth-order valence-corrected chi connectivity index (χ4v) is 0.272. The summed E-state index contributed by atoms with van der Waals surface area (Å²) in [6, 6.07) is 0. The predicted octanol–water partition coefficient (Wildman–Crippen LogP) is 1.72. The fraction of sp³-hybridized carbons (Fsp3) is 0.750. The summed E-state index contributed by atoms with van der Waals surface area (Å²) in [5.74, 6) is -2.75. The maximum absolute atomic E-state index is 11.6. The lowest BCUT2D eigenvalue weighted by molar-refractivity contribution is -0.191. The highest BCUT2D eigenvalue weighted by atomic mass is 19.4. The van der Waals surface area contributed by atoms with Crippen molar-refractivity contribution in [2.24, 2.45) is 0 Å². The molecule has 0 aromatic rings. The van der Waals surface area contributed by atoms with Gasteiger partial charge in [0, 0.05) is 0 Å². The molecule has 0 radical (unpaired) electrons. The van der Waals surface area contributed by atoms with E-state index in [2.05, 4.69) is 0 Å². The zero-order chi connectivity index (χ0) is 9.23. The normalized spacial score (nSPS) is 15.2. The molecule has 1 unspecified atom stereocenters. The summed E-state index contributed by atoms with van der Waals surface area (Å²) >= 11 is 0. The summed E-state index contributed by atoms with van der Waals surface area (Å²) in [6.45, 7) is 0. The molecule has 66 valence electrons. The molecule has 0 aromatic carbocycles. The molecule has 0 aliphatic carbocycles. The van der Waals surface area contributed by atoms with E-state index in [-0.39, 0.29) is 0 Å². The smallest absolute Gasteiger partial charge is 0.290 e. The number of alkyl halides is 6. The van der Waals surface area contributed by atoms with E-state index < -0.39 is 24.6 Å². The molecule has 0 aliphatic heterocycles. The lowest BCUT2D eigenvalue weighted by Gasteiger charge is -2.09. The van der Waals surface area contributed by atoms with Crippen LogP contribution < -0.4 is 0 Å². The van der Waals surface area contributed by atoms with Crippen molar-refractivity contribution in [1.29, 1.82) is 0 Å². The van der Waals surface area contributed by atoms with Crippen LogP contribution in [0.25, 0.3) is 0 Å². The molecule has 7 heteroatoms. The number of rotatable bonds is 2. The Bertz CT molecular complexity index is 149. The molecule has 0 aliphatic rings. The predicted molar refractivity (Wildman–Crippen MR) is 22.0 cm³/mol. The summed E-state index contributed by atoms with van der Waals surface area (Å²) in [5.41, 5.74) is 0. The summed E-state index contributed by atoms with van der Waals surface area (Å²) in [5, 5.41) is 0. The highest BCUT2D eigenvalue weighted by Gasteiger charge is 2.48. The molecule has 1 atom stereocenters. The van der Waals surface area contributed by atoms with Crippen LogP contribution in [0.2, 0.25) is 0 Å². The number of hydrogen-bond acceptors (Lipinski definition) is 1. The molecule has 0 rings (SSSR count). The lowest BCUT2D eigenvalue weighted by Crippen LogP contribution is -2.36. The van der Waals surface area contributed by atoms with Crippen molar-refractivity contribution in [3.63, 3.8) is 0 Å². The van der Waals surface area contributed by atoms with E-state index in [4.69, 9.17) is 0 Å². The van der Waals surface area contributed by atoms with Crippen molar-refractivity contribution in [1.82, 2.24) is 0 Å². The molecule has 0 saturated heterocycles. The monoisotopic (exact) mass is 180 g/mol. The van der Waals surface area contributed by atoms with Gasteiger partial charge in [-0.1, -0.05) is 0 Å². The van der Waals surface area contributed by atoms with Crippen molar-refractivity contribution in [2.75, 3.05) is 0 Å². The largest absolute Gasteiger partial charge is 0.427 e. The van der Waals surface area contributed by atoms with Crippen LogP contribution in [0.4, 0.5) is 26.3 Å². The van der Waals surface area contributed by atoms with E-state index in [1.807, 2.05) is 0 Å².